The van der Waals surface area contributed by atoms with E-state index in [1.54, 1.807) is 6.20 Å². The SMILES string of the molecule is CC(C)(C)c1cc(-c2ccccn2)[n-]n1.CP(C)c1ccccc1.CP(C)c1ccccc1.[Ru+]. The standard InChI is InChI=1S/C12H14N3.2C8H11P.Ru/c1-12(2,3)11-8-10(14-15-11)9-6-4-5-7-13-9;2*1-9(2)8-6-4-3-5-7-8;/h4-8H,1-3H3;2*3-7H,1-2H3;/q-1;;;+1. The van der Waals surface area contributed by atoms with Crippen LogP contribution in [0.4, 0.5) is 0 Å². The Balaban J connectivity index is 0.000000266. The Hall–Kier alpha value is -1.72. The number of nitrogens with zero attached hydrogens (tertiary/aromatic N) is 3. The zero-order valence-electron chi connectivity index (χ0n) is 21.2. The first-order valence-corrected chi connectivity index (χ1v) is 15.5. The van der Waals surface area contributed by atoms with Crippen molar-refractivity contribution in [2.24, 2.45) is 0 Å². The van der Waals surface area contributed by atoms with E-state index in [-0.39, 0.29) is 40.7 Å². The second kappa shape index (κ2) is 15.3. The first-order chi connectivity index (χ1) is 15.7. The molecule has 4 aromatic rings. The quantitative estimate of drug-likeness (QED) is 0.206. The molecular weight excluding hydrogens is 541 g/mol. The fourth-order valence-corrected chi connectivity index (χ4v) is 4.29. The smallest absolute Gasteiger partial charge is 0.573 e. The van der Waals surface area contributed by atoms with E-state index in [1.807, 2.05) is 24.3 Å². The summed E-state index contributed by atoms with van der Waals surface area (Å²) in [5.41, 5.74) is 2.77. The fraction of sp³-hybridized carbons (Fsp3) is 0.286. The molecule has 0 bridgehead atoms. The molecule has 0 amide bonds. The number of hydrogen-bond donors (Lipinski definition) is 0. The molecule has 2 aromatic carbocycles. The van der Waals surface area contributed by atoms with Crippen LogP contribution in [-0.2, 0) is 24.9 Å². The van der Waals surface area contributed by atoms with Gasteiger partial charge in [-0.05, 0) is 49.4 Å². The molecule has 3 nitrogen and oxygen atoms in total. The van der Waals surface area contributed by atoms with Crippen molar-refractivity contribution in [1.29, 1.82) is 0 Å². The molecule has 0 atom stereocenters. The van der Waals surface area contributed by atoms with E-state index in [2.05, 4.69) is 123 Å². The number of benzene rings is 2. The van der Waals surface area contributed by atoms with Gasteiger partial charge in [-0.2, -0.15) is 0 Å². The maximum Gasteiger partial charge on any atom is 1.00 e. The number of hydrogen-bond acceptors (Lipinski definition) is 2. The molecule has 1 radical (unpaired) electrons. The third-order valence-corrected chi connectivity index (χ3v) is 7.44. The van der Waals surface area contributed by atoms with E-state index in [0.717, 1.165) is 17.1 Å². The van der Waals surface area contributed by atoms with E-state index in [4.69, 9.17) is 0 Å². The molecule has 34 heavy (non-hydrogen) atoms. The van der Waals surface area contributed by atoms with Gasteiger partial charge in [-0.3, -0.25) is 4.98 Å². The van der Waals surface area contributed by atoms with Crippen LogP contribution in [0.2, 0.25) is 0 Å². The van der Waals surface area contributed by atoms with Gasteiger partial charge in [0.2, 0.25) is 0 Å². The van der Waals surface area contributed by atoms with E-state index in [0.29, 0.717) is 0 Å². The first-order valence-electron chi connectivity index (χ1n) is 11.1. The Labute approximate surface area is 221 Å². The fourth-order valence-electron chi connectivity index (χ4n) is 2.75. The zero-order valence-corrected chi connectivity index (χ0v) is 24.8. The summed E-state index contributed by atoms with van der Waals surface area (Å²) in [7, 11) is 0.209. The molecule has 0 saturated heterocycles. The van der Waals surface area contributed by atoms with Gasteiger partial charge in [-0.1, -0.05) is 115 Å². The van der Waals surface area contributed by atoms with Crippen molar-refractivity contribution in [3.8, 4) is 11.4 Å². The molecule has 0 aliphatic carbocycles. The number of pyridine rings is 1. The predicted molar refractivity (Wildman–Crippen MR) is 149 cm³/mol. The molecular formula is C28H36N3P2Ru. The molecule has 6 heteroatoms. The first kappa shape index (κ1) is 30.3. The molecule has 0 unspecified atom stereocenters. The number of rotatable bonds is 3. The van der Waals surface area contributed by atoms with Crippen molar-refractivity contribution in [3.63, 3.8) is 0 Å². The molecule has 2 aromatic heterocycles. The van der Waals surface area contributed by atoms with Crippen LogP contribution in [-0.4, -0.2) is 36.7 Å². The minimum absolute atomic E-state index is 0. The van der Waals surface area contributed by atoms with Crippen LogP contribution in [0.5, 0.6) is 0 Å². The molecule has 0 spiro atoms. The van der Waals surface area contributed by atoms with Crippen LogP contribution < -0.4 is 15.7 Å². The maximum atomic E-state index is 4.24. The van der Waals surface area contributed by atoms with Gasteiger partial charge in [-0.25, -0.2) is 0 Å². The van der Waals surface area contributed by atoms with Gasteiger partial charge in [0.25, 0.3) is 0 Å². The average Bonchev–Trinajstić information content (AvgIpc) is 3.33. The summed E-state index contributed by atoms with van der Waals surface area (Å²) in [6, 6.07) is 29.0. The summed E-state index contributed by atoms with van der Waals surface area (Å²) in [5, 5.41) is 11.3. The van der Waals surface area contributed by atoms with Crippen molar-refractivity contribution in [2.75, 3.05) is 26.7 Å². The molecule has 0 saturated carbocycles. The van der Waals surface area contributed by atoms with Crippen LogP contribution in [0.15, 0.2) is 91.1 Å². The van der Waals surface area contributed by atoms with Gasteiger partial charge in [-0.15, -0.1) is 0 Å². The Kier molecular flexibility index (Phi) is 13.7. The Bertz CT molecular complexity index is 1000. The van der Waals surface area contributed by atoms with Crippen molar-refractivity contribution >= 4 is 26.5 Å². The molecule has 0 N–H and O–H groups in total. The normalized spacial score (nSPS) is 10.5. The summed E-state index contributed by atoms with van der Waals surface area (Å²) >= 11 is 0. The molecule has 0 aliphatic rings. The summed E-state index contributed by atoms with van der Waals surface area (Å²) in [4.78, 5) is 4.24. The second-order valence-electron chi connectivity index (χ2n) is 9.04. The summed E-state index contributed by atoms with van der Waals surface area (Å²) in [6.45, 7) is 15.4. The molecule has 181 valence electrons. The van der Waals surface area contributed by atoms with Crippen LogP contribution in [0.3, 0.4) is 0 Å². The van der Waals surface area contributed by atoms with Crippen molar-refractivity contribution in [1.82, 2.24) is 15.2 Å². The Morgan fingerprint density at radius 1 is 0.676 bits per heavy atom. The van der Waals surface area contributed by atoms with E-state index in [9.17, 15) is 0 Å². The van der Waals surface area contributed by atoms with Gasteiger partial charge in [0.15, 0.2) is 0 Å². The Morgan fingerprint density at radius 3 is 1.47 bits per heavy atom. The molecule has 0 aliphatic heterocycles. The monoisotopic (exact) mass is 578 g/mol. The summed E-state index contributed by atoms with van der Waals surface area (Å²) < 4.78 is 0. The largest absolute Gasteiger partial charge is 1.00 e. The van der Waals surface area contributed by atoms with Gasteiger partial charge in [0.05, 0.1) is 0 Å². The van der Waals surface area contributed by atoms with E-state index in [1.165, 1.54) is 10.6 Å². The third-order valence-electron chi connectivity index (χ3n) is 4.78. The van der Waals surface area contributed by atoms with E-state index >= 15 is 0 Å². The zero-order chi connectivity index (χ0) is 24.3. The van der Waals surface area contributed by atoms with Gasteiger partial charge < -0.3 is 10.2 Å². The summed E-state index contributed by atoms with van der Waals surface area (Å²) in [5.74, 6) is 0. The molecule has 0 fully saturated rings. The molecule has 2 heterocycles. The minimum Gasteiger partial charge on any atom is -0.573 e. The third kappa shape index (κ3) is 10.7. The van der Waals surface area contributed by atoms with Crippen molar-refractivity contribution in [3.05, 3.63) is 96.8 Å². The maximum absolute atomic E-state index is 4.24. The van der Waals surface area contributed by atoms with Gasteiger partial charge >= 0.3 is 19.5 Å². The second-order valence-corrected chi connectivity index (χ2v) is 13.7. The predicted octanol–water partition coefficient (Wildman–Crippen LogP) is 6.50. The van der Waals surface area contributed by atoms with Gasteiger partial charge in [0, 0.05) is 23.0 Å². The molecule has 4 rings (SSSR count). The number of aromatic nitrogens is 3. The van der Waals surface area contributed by atoms with Crippen LogP contribution in [0, 0.1) is 0 Å². The van der Waals surface area contributed by atoms with Crippen LogP contribution in [0.1, 0.15) is 26.5 Å². The minimum atomic E-state index is 0. The topological polar surface area (TPSA) is 39.9 Å². The average molecular weight is 578 g/mol. The van der Waals surface area contributed by atoms with Crippen LogP contribution in [0.25, 0.3) is 11.4 Å². The van der Waals surface area contributed by atoms with Crippen molar-refractivity contribution in [2.45, 2.75) is 26.2 Å². The van der Waals surface area contributed by atoms with E-state index < -0.39 is 0 Å². The summed E-state index contributed by atoms with van der Waals surface area (Å²) in [6.07, 6.45) is 1.76. The Morgan fingerprint density at radius 2 is 1.15 bits per heavy atom. The van der Waals surface area contributed by atoms with Gasteiger partial charge in [0.1, 0.15) is 0 Å². The van der Waals surface area contributed by atoms with Crippen molar-refractivity contribution < 1.29 is 19.5 Å². The van der Waals surface area contributed by atoms with Crippen LogP contribution >= 0.6 is 15.8 Å².